The van der Waals surface area contributed by atoms with E-state index in [4.69, 9.17) is 18.8 Å². The molecule has 0 spiro atoms. The third-order valence-corrected chi connectivity index (χ3v) is 6.16. The number of methoxy groups -OCH3 is 1. The maximum atomic E-state index is 12.3. The molecule has 0 amide bonds. The lowest BCUT2D eigenvalue weighted by molar-refractivity contribution is 0.00578. The van der Waals surface area contributed by atoms with Crippen molar-refractivity contribution in [2.45, 2.75) is 43.8 Å². The van der Waals surface area contributed by atoms with Gasteiger partial charge in [0.15, 0.2) is 0 Å². The molecule has 2 rings (SSSR count). The molecule has 0 unspecified atom stereocenters. The molecule has 9 heteroatoms. The first kappa shape index (κ1) is 21.3. The van der Waals surface area contributed by atoms with Crippen molar-refractivity contribution in [3.63, 3.8) is 0 Å². The van der Waals surface area contributed by atoms with Crippen LogP contribution in [0.5, 0.6) is 0 Å². The molecule has 1 fully saturated rings. The first-order valence-electron chi connectivity index (χ1n) is 8.61. The standard InChI is InChI=1S/C17H28BNO6S/c1-16(2)17(3,4)25-18(24-16)14-6-8-15(9-7-14)26(20,21)19-10-11-23-13-12-22-5/h6-9,19H,10-13H2,1-5H3. The molecular formula is C17H28BNO6S. The molecule has 146 valence electrons. The Bertz CT molecular complexity index is 674. The topological polar surface area (TPSA) is 83.1 Å². The Morgan fingerprint density at radius 3 is 2.12 bits per heavy atom. The Balaban J connectivity index is 1.94. The minimum atomic E-state index is -3.58. The van der Waals surface area contributed by atoms with Crippen molar-refractivity contribution in [2.24, 2.45) is 0 Å². The van der Waals surface area contributed by atoms with Gasteiger partial charge in [-0.1, -0.05) is 12.1 Å². The number of hydrogen-bond acceptors (Lipinski definition) is 6. The van der Waals surface area contributed by atoms with Crippen molar-refractivity contribution in [3.8, 4) is 0 Å². The molecule has 1 aliphatic rings. The summed E-state index contributed by atoms with van der Waals surface area (Å²) in [6.07, 6.45) is 0. The van der Waals surface area contributed by atoms with E-state index in [2.05, 4.69) is 4.72 Å². The van der Waals surface area contributed by atoms with E-state index in [1.54, 1.807) is 31.4 Å². The fourth-order valence-corrected chi connectivity index (χ4v) is 3.37. The van der Waals surface area contributed by atoms with Gasteiger partial charge in [-0.25, -0.2) is 13.1 Å². The fourth-order valence-electron chi connectivity index (χ4n) is 2.36. The van der Waals surface area contributed by atoms with Crippen molar-refractivity contribution in [3.05, 3.63) is 24.3 Å². The zero-order valence-corrected chi connectivity index (χ0v) is 16.9. The Morgan fingerprint density at radius 2 is 1.58 bits per heavy atom. The molecule has 0 atom stereocenters. The lowest BCUT2D eigenvalue weighted by atomic mass is 9.79. The highest BCUT2D eigenvalue weighted by Gasteiger charge is 2.51. The van der Waals surface area contributed by atoms with Gasteiger partial charge in [-0.3, -0.25) is 0 Å². The van der Waals surface area contributed by atoms with E-state index in [1.807, 2.05) is 27.7 Å². The van der Waals surface area contributed by atoms with Gasteiger partial charge in [0.2, 0.25) is 10.0 Å². The number of sulfonamides is 1. The van der Waals surface area contributed by atoms with Crippen molar-refractivity contribution < 1.29 is 27.2 Å². The Kier molecular flexibility index (Phi) is 6.87. The average molecular weight is 385 g/mol. The van der Waals surface area contributed by atoms with Gasteiger partial charge >= 0.3 is 7.12 Å². The highest BCUT2D eigenvalue weighted by molar-refractivity contribution is 7.89. The second-order valence-electron chi connectivity index (χ2n) is 7.16. The van der Waals surface area contributed by atoms with Crippen LogP contribution in [0, 0.1) is 0 Å². The monoisotopic (exact) mass is 385 g/mol. The van der Waals surface area contributed by atoms with Gasteiger partial charge in [0, 0.05) is 13.7 Å². The molecule has 1 N–H and O–H groups in total. The van der Waals surface area contributed by atoms with Crippen LogP contribution < -0.4 is 10.2 Å². The molecule has 1 aromatic carbocycles. The number of hydrogen-bond donors (Lipinski definition) is 1. The van der Waals surface area contributed by atoms with E-state index in [9.17, 15) is 8.42 Å². The average Bonchev–Trinajstić information content (AvgIpc) is 2.79. The first-order valence-corrected chi connectivity index (χ1v) is 10.1. The molecule has 26 heavy (non-hydrogen) atoms. The Labute approximate surface area is 156 Å². The summed E-state index contributed by atoms with van der Waals surface area (Å²) in [4.78, 5) is 0.189. The second-order valence-corrected chi connectivity index (χ2v) is 8.93. The van der Waals surface area contributed by atoms with E-state index in [0.29, 0.717) is 13.2 Å². The minimum absolute atomic E-state index is 0.189. The molecule has 0 aliphatic carbocycles. The van der Waals surface area contributed by atoms with Gasteiger partial charge in [-0.15, -0.1) is 0 Å². The lowest BCUT2D eigenvalue weighted by Gasteiger charge is -2.32. The summed E-state index contributed by atoms with van der Waals surface area (Å²) in [5, 5.41) is 0. The molecule has 7 nitrogen and oxygen atoms in total. The predicted octanol–water partition coefficient (Wildman–Crippen LogP) is 0.927. The summed E-state index contributed by atoms with van der Waals surface area (Å²) >= 11 is 0. The van der Waals surface area contributed by atoms with Crippen molar-refractivity contribution in [1.82, 2.24) is 4.72 Å². The molecule has 1 aromatic rings. The summed E-state index contributed by atoms with van der Waals surface area (Å²) in [5.41, 5.74) is -0.0926. The highest BCUT2D eigenvalue weighted by atomic mass is 32.2. The van der Waals surface area contributed by atoms with E-state index in [-0.39, 0.29) is 18.0 Å². The van der Waals surface area contributed by atoms with Crippen LogP contribution >= 0.6 is 0 Å². The Morgan fingerprint density at radius 1 is 1.00 bits per heavy atom. The molecular weight excluding hydrogens is 357 g/mol. The number of nitrogens with one attached hydrogen (secondary N) is 1. The molecule has 0 radical (unpaired) electrons. The summed E-state index contributed by atoms with van der Waals surface area (Å²) in [7, 11) is -2.51. The van der Waals surface area contributed by atoms with Crippen molar-refractivity contribution in [2.75, 3.05) is 33.5 Å². The molecule has 0 bridgehead atoms. The number of ether oxygens (including phenoxy) is 2. The van der Waals surface area contributed by atoms with E-state index < -0.39 is 28.3 Å². The number of rotatable bonds is 9. The van der Waals surface area contributed by atoms with Crippen LogP contribution in [0.3, 0.4) is 0 Å². The zero-order valence-electron chi connectivity index (χ0n) is 16.1. The second kappa shape index (κ2) is 8.37. The smallest absolute Gasteiger partial charge is 0.399 e. The summed E-state index contributed by atoms with van der Waals surface area (Å²) < 4.78 is 49.2. The maximum absolute atomic E-state index is 12.3. The lowest BCUT2D eigenvalue weighted by Crippen LogP contribution is -2.41. The van der Waals surface area contributed by atoms with Crippen LogP contribution in [0.1, 0.15) is 27.7 Å². The minimum Gasteiger partial charge on any atom is -0.399 e. The maximum Gasteiger partial charge on any atom is 0.494 e. The third-order valence-electron chi connectivity index (χ3n) is 4.69. The van der Waals surface area contributed by atoms with Crippen molar-refractivity contribution >= 4 is 22.6 Å². The van der Waals surface area contributed by atoms with E-state index in [1.165, 1.54) is 0 Å². The molecule has 1 aliphatic heterocycles. The normalized spacial score (nSPS) is 19.0. The molecule has 0 saturated carbocycles. The van der Waals surface area contributed by atoms with Crippen LogP contribution in [0.15, 0.2) is 29.2 Å². The van der Waals surface area contributed by atoms with Gasteiger partial charge in [0.05, 0.1) is 35.9 Å². The van der Waals surface area contributed by atoms with Crippen LogP contribution in [0.4, 0.5) is 0 Å². The van der Waals surface area contributed by atoms with Gasteiger partial charge in [0.1, 0.15) is 0 Å². The zero-order chi connectivity index (χ0) is 19.4. The third kappa shape index (κ3) is 5.06. The highest BCUT2D eigenvalue weighted by Crippen LogP contribution is 2.36. The first-order chi connectivity index (χ1) is 12.1. The summed E-state index contributed by atoms with van der Waals surface area (Å²) in [6, 6.07) is 6.53. The van der Waals surface area contributed by atoms with Gasteiger partial charge in [0.25, 0.3) is 0 Å². The quantitative estimate of drug-likeness (QED) is 0.503. The largest absolute Gasteiger partial charge is 0.494 e. The number of benzene rings is 1. The summed E-state index contributed by atoms with van der Waals surface area (Å²) in [5.74, 6) is 0. The van der Waals surface area contributed by atoms with Gasteiger partial charge < -0.3 is 18.8 Å². The fraction of sp³-hybridized carbons (Fsp3) is 0.647. The van der Waals surface area contributed by atoms with Crippen LogP contribution in [-0.4, -0.2) is 60.2 Å². The van der Waals surface area contributed by atoms with Crippen LogP contribution in [0.25, 0.3) is 0 Å². The van der Waals surface area contributed by atoms with Crippen LogP contribution in [0.2, 0.25) is 0 Å². The van der Waals surface area contributed by atoms with Gasteiger partial charge in [-0.05, 0) is 45.3 Å². The van der Waals surface area contributed by atoms with E-state index >= 15 is 0 Å². The van der Waals surface area contributed by atoms with Crippen molar-refractivity contribution in [1.29, 1.82) is 0 Å². The van der Waals surface area contributed by atoms with Crippen LogP contribution in [-0.2, 0) is 28.8 Å². The van der Waals surface area contributed by atoms with Gasteiger partial charge in [-0.2, -0.15) is 0 Å². The molecule has 0 aromatic heterocycles. The summed E-state index contributed by atoms with van der Waals surface area (Å²) in [6.45, 7) is 9.30. The molecule has 1 saturated heterocycles. The predicted molar refractivity (Wildman–Crippen MR) is 100 cm³/mol. The Hall–Kier alpha value is -0.965. The molecule has 1 heterocycles. The SMILES string of the molecule is COCCOCCNS(=O)(=O)c1ccc(B2OC(C)(C)C(C)(C)O2)cc1. The van der Waals surface area contributed by atoms with E-state index in [0.717, 1.165) is 5.46 Å².